The van der Waals surface area contributed by atoms with Gasteiger partial charge in [0, 0.05) is 24.0 Å². The Hall–Kier alpha value is -3.73. The monoisotopic (exact) mass is 492 g/mol. The fraction of sp³-hybridized carbons (Fsp3) is 0.333. The van der Waals surface area contributed by atoms with Gasteiger partial charge >= 0.3 is 12.1 Å². The van der Waals surface area contributed by atoms with Gasteiger partial charge in [-0.05, 0) is 43.3 Å². The van der Waals surface area contributed by atoms with E-state index in [1.54, 1.807) is 25.1 Å². The maximum Gasteiger partial charge on any atom is 0.416 e. The Labute approximate surface area is 198 Å². The first kappa shape index (κ1) is 24.4. The summed E-state index contributed by atoms with van der Waals surface area (Å²) in [5.74, 6) is -1.15. The molecular weight excluding hydrogens is 469 g/mol. The molecule has 0 atom stereocenters. The van der Waals surface area contributed by atoms with E-state index in [2.05, 4.69) is 5.32 Å². The fourth-order valence-corrected chi connectivity index (χ4v) is 3.80. The number of amides is 1. The zero-order valence-corrected chi connectivity index (χ0v) is 19.0. The molecule has 1 saturated heterocycles. The number of benzene rings is 2. The van der Waals surface area contributed by atoms with Gasteiger partial charge in [-0.3, -0.25) is 4.79 Å². The van der Waals surface area contributed by atoms with Crippen LogP contribution < -0.4 is 15.0 Å². The minimum absolute atomic E-state index is 0.0326. The van der Waals surface area contributed by atoms with Crippen LogP contribution in [0, 0.1) is 6.92 Å². The molecule has 1 aliphatic heterocycles. The Bertz CT molecular complexity index is 1250. The van der Waals surface area contributed by atoms with E-state index >= 15 is 0 Å². The topological polar surface area (TPSA) is 90.2 Å². The van der Waals surface area contributed by atoms with Crippen molar-refractivity contribution in [3.63, 3.8) is 0 Å². The van der Waals surface area contributed by atoms with Crippen LogP contribution in [0.2, 0.25) is 0 Å². The zero-order chi connectivity index (χ0) is 25.2. The van der Waals surface area contributed by atoms with Crippen LogP contribution >= 0.6 is 0 Å². The highest BCUT2D eigenvalue weighted by molar-refractivity contribution is 5.99. The lowest BCUT2D eigenvalue weighted by atomic mass is 10.1. The number of hydrogen-bond donors (Lipinski definition) is 1. The molecule has 0 bridgehead atoms. The van der Waals surface area contributed by atoms with Crippen molar-refractivity contribution in [1.82, 2.24) is 0 Å². The number of ether oxygens (including phenoxy) is 3. The second kappa shape index (κ2) is 9.87. The van der Waals surface area contributed by atoms with Gasteiger partial charge < -0.3 is 28.8 Å². The van der Waals surface area contributed by atoms with Gasteiger partial charge in [0.2, 0.25) is 5.76 Å². The average Bonchev–Trinajstić information content (AvgIpc) is 3.18. The predicted octanol–water partition coefficient (Wildman–Crippen LogP) is 4.40. The standard InChI is InChI=1S/C24H23F3N2O6/c1-14-17-12-16(32-2)4-6-20(17)35-22(14)23(31)34-13-21(30)28-18-11-15(24(25,26)27)3-5-19(18)29-7-9-33-10-8-29/h3-6,11-12H,7-10,13H2,1-2H3,(H,28,30). The first-order valence-corrected chi connectivity index (χ1v) is 10.8. The summed E-state index contributed by atoms with van der Waals surface area (Å²) in [6.45, 7) is 2.69. The van der Waals surface area contributed by atoms with Crippen LogP contribution in [0.4, 0.5) is 24.5 Å². The largest absolute Gasteiger partial charge is 0.497 e. The molecule has 0 unspecified atom stereocenters. The van der Waals surface area contributed by atoms with Gasteiger partial charge in [-0.1, -0.05) is 0 Å². The lowest BCUT2D eigenvalue weighted by molar-refractivity contribution is -0.137. The Balaban J connectivity index is 1.48. The molecule has 1 aromatic heterocycles. The molecule has 35 heavy (non-hydrogen) atoms. The molecule has 186 valence electrons. The van der Waals surface area contributed by atoms with E-state index in [1.807, 2.05) is 4.90 Å². The summed E-state index contributed by atoms with van der Waals surface area (Å²) in [7, 11) is 1.51. The molecule has 1 aliphatic rings. The van der Waals surface area contributed by atoms with Crippen molar-refractivity contribution < 1.29 is 41.4 Å². The minimum Gasteiger partial charge on any atom is -0.497 e. The summed E-state index contributed by atoms with van der Waals surface area (Å²) in [5, 5.41) is 3.09. The normalized spacial score (nSPS) is 14.1. The van der Waals surface area contributed by atoms with Gasteiger partial charge in [-0.2, -0.15) is 13.2 Å². The number of carbonyl (C=O) groups is 2. The number of nitrogens with zero attached hydrogens (tertiary/aromatic N) is 1. The van der Waals surface area contributed by atoms with Gasteiger partial charge in [-0.15, -0.1) is 0 Å². The number of morpholine rings is 1. The minimum atomic E-state index is -4.59. The van der Waals surface area contributed by atoms with E-state index < -0.39 is 30.2 Å². The second-order valence-electron chi connectivity index (χ2n) is 7.87. The highest BCUT2D eigenvalue weighted by Crippen LogP contribution is 2.36. The lowest BCUT2D eigenvalue weighted by Gasteiger charge is -2.31. The molecule has 2 heterocycles. The van der Waals surface area contributed by atoms with Crippen LogP contribution in [0.3, 0.4) is 0 Å². The highest BCUT2D eigenvalue weighted by Gasteiger charge is 2.32. The number of nitrogens with one attached hydrogen (secondary N) is 1. The van der Waals surface area contributed by atoms with Gasteiger partial charge in [0.1, 0.15) is 11.3 Å². The Morgan fingerprint density at radius 3 is 2.54 bits per heavy atom. The molecule has 0 radical (unpaired) electrons. The molecule has 11 heteroatoms. The number of hydrogen-bond acceptors (Lipinski definition) is 7. The van der Waals surface area contributed by atoms with Gasteiger partial charge in [0.25, 0.3) is 5.91 Å². The van der Waals surface area contributed by atoms with Gasteiger partial charge in [-0.25, -0.2) is 4.79 Å². The number of esters is 1. The third-order valence-electron chi connectivity index (χ3n) is 5.61. The molecule has 0 saturated carbocycles. The number of halogens is 3. The zero-order valence-electron chi connectivity index (χ0n) is 19.0. The number of anilines is 2. The summed E-state index contributed by atoms with van der Waals surface area (Å²) in [4.78, 5) is 26.9. The number of carbonyl (C=O) groups excluding carboxylic acids is 2. The van der Waals surface area contributed by atoms with Crippen molar-refractivity contribution in [2.75, 3.05) is 50.2 Å². The SMILES string of the molecule is COc1ccc2oc(C(=O)OCC(=O)Nc3cc(C(F)(F)F)ccc3N3CCOCC3)c(C)c2c1. The Kier molecular flexibility index (Phi) is 6.88. The fourth-order valence-electron chi connectivity index (χ4n) is 3.80. The van der Waals surface area contributed by atoms with Crippen LogP contribution in [-0.2, 0) is 20.4 Å². The van der Waals surface area contributed by atoms with Crippen LogP contribution in [0.1, 0.15) is 21.7 Å². The number of methoxy groups -OCH3 is 1. The number of aryl methyl sites for hydroxylation is 1. The first-order chi connectivity index (χ1) is 16.7. The maximum atomic E-state index is 13.3. The number of alkyl halides is 3. The van der Waals surface area contributed by atoms with E-state index in [0.29, 0.717) is 54.3 Å². The van der Waals surface area contributed by atoms with Crippen LogP contribution in [0.15, 0.2) is 40.8 Å². The molecule has 0 aliphatic carbocycles. The highest BCUT2D eigenvalue weighted by atomic mass is 19.4. The summed E-state index contributed by atoms with van der Waals surface area (Å²) in [5.41, 5.74) is 0.434. The molecular formula is C24H23F3N2O6. The van der Waals surface area contributed by atoms with Crippen molar-refractivity contribution in [2.24, 2.45) is 0 Å². The van der Waals surface area contributed by atoms with E-state index in [0.717, 1.165) is 12.1 Å². The molecule has 3 aromatic rings. The van der Waals surface area contributed by atoms with E-state index in [4.69, 9.17) is 18.6 Å². The molecule has 1 fully saturated rings. The summed E-state index contributed by atoms with van der Waals surface area (Å²) < 4.78 is 60.9. The molecule has 2 aromatic carbocycles. The lowest BCUT2D eigenvalue weighted by Crippen LogP contribution is -2.37. The van der Waals surface area contributed by atoms with E-state index in [9.17, 15) is 22.8 Å². The second-order valence-corrected chi connectivity index (χ2v) is 7.87. The van der Waals surface area contributed by atoms with Crippen molar-refractivity contribution in [1.29, 1.82) is 0 Å². The molecule has 8 nitrogen and oxygen atoms in total. The molecule has 4 rings (SSSR count). The average molecular weight is 492 g/mol. The summed E-state index contributed by atoms with van der Waals surface area (Å²) in [6, 6.07) is 8.15. The molecule has 1 amide bonds. The maximum absolute atomic E-state index is 13.3. The van der Waals surface area contributed by atoms with Crippen LogP contribution in [-0.4, -0.2) is 51.9 Å². The Morgan fingerprint density at radius 1 is 1.11 bits per heavy atom. The quantitative estimate of drug-likeness (QED) is 0.510. The summed E-state index contributed by atoms with van der Waals surface area (Å²) >= 11 is 0. The van der Waals surface area contributed by atoms with Crippen molar-refractivity contribution in [2.45, 2.75) is 13.1 Å². The first-order valence-electron chi connectivity index (χ1n) is 10.8. The smallest absolute Gasteiger partial charge is 0.416 e. The number of rotatable bonds is 6. The Morgan fingerprint density at radius 2 is 1.86 bits per heavy atom. The molecule has 1 N–H and O–H groups in total. The predicted molar refractivity (Wildman–Crippen MR) is 121 cm³/mol. The van der Waals surface area contributed by atoms with E-state index in [-0.39, 0.29) is 11.4 Å². The van der Waals surface area contributed by atoms with Gasteiger partial charge in [0.05, 0.1) is 37.3 Å². The third-order valence-corrected chi connectivity index (χ3v) is 5.61. The van der Waals surface area contributed by atoms with Gasteiger partial charge in [0.15, 0.2) is 6.61 Å². The van der Waals surface area contributed by atoms with Crippen LogP contribution in [0.25, 0.3) is 11.0 Å². The van der Waals surface area contributed by atoms with Crippen molar-refractivity contribution in [3.05, 3.63) is 53.3 Å². The molecule has 0 spiro atoms. The number of furan rings is 1. The summed E-state index contributed by atoms with van der Waals surface area (Å²) in [6.07, 6.45) is -4.59. The van der Waals surface area contributed by atoms with Crippen molar-refractivity contribution in [3.8, 4) is 5.75 Å². The van der Waals surface area contributed by atoms with Crippen molar-refractivity contribution >= 4 is 34.2 Å². The van der Waals surface area contributed by atoms with Crippen LogP contribution in [0.5, 0.6) is 5.75 Å². The number of fused-ring (bicyclic) bond motifs is 1. The third kappa shape index (κ3) is 5.35. The van der Waals surface area contributed by atoms with E-state index in [1.165, 1.54) is 13.2 Å².